The minimum absolute atomic E-state index is 0.0635. The third-order valence-electron chi connectivity index (χ3n) is 6.08. The molecule has 0 unspecified atom stereocenters. The first-order chi connectivity index (χ1) is 15.8. The zero-order chi connectivity index (χ0) is 24.0. The zero-order valence-electron chi connectivity index (χ0n) is 18.8. The summed E-state index contributed by atoms with van der Waals surface area (Å²) in [6.07, 6.45) is 1.89. The van der Waals surface area contributed by atoms with E-state index in [4.69, 9.17) is 22.7 Å². The van der Waals surface area contributed by atoms with Crippen molar-refractivity contribution >= 4 is 40.0 Å². The second kappa shape index (κ2) is 10.5. The Labute approximate surface area is 198 Å². The van der Waals surface area contributed by atoms with Gasteiger partial charge in [0.2, 0.25) is 5.91 Å². The number of rotatable bonds is 11. The summed E-state index contributed by atoms with van der Waals surface area (Å²) >= 11 is 5.57. The van der Waals surface area contributed by atoms with Gasteiger partial charge in [-0.15, -0.1) is 0 Å². The van der Waals surface area contributed by atoms with E-state index in [9.17, 15) is 14.7 Å². The Morgan fingerprint density at radius 3 is 2.55 bits per heavy atom. The molecule has 0 aliphatic carbocycles. The van der Waals surface area contributed by atoms with E-state index in [-0.39, 0.29) is 19.4 Å². The monoisotopic (exact) mass is 467 g/mol. The second-order valence-corrected chi connectivity index (χ2v) is 8.69. The standard InChI is InChI=1S/C25H29N3O4S/c1-16-7-9-18(10-8-16)32-12-11-25(24(30)31,14-22(26)29)20(23(33)27-2)13-17-15-28-21-6-4-3-5-19(17)21/h3-10,15,20,28H,11-14H2,1-2H3,(H2,26,29)(H,27,33)(H,30,31)/t20-,25-/m1/s1. The average molecular weight is 468 g/mol. The van der Waals surface area contributed by atoms with Crippen LogP contribution in [0.1, 0.15) is 24.0 Å². The smallest absolute Gasteiger partial charge is 0.311 e. The van der Waals surface area contributed by atoms with E-state index in [0.717, 1.165) is 22.0 Å². The number of carbonyl (C=O) groups is 2. The molecule has 2 aromatic carbocycles. The van der Waals surface area contributed by atoms with Gasteiger partial charge in [0.15, 0.2) is 0 Å². The highest BCUT2D eigenvalue weighted by atomic mass is 32.1. The van der Waals surface area contributed by atoms with Gasteiger partial charge in [0.1, 0.15) is 5.75 Å². The van der Waals surface area contributed by atoms with Crippen LogP contribution < -0.4 is 15.8 Å². The highest BCUT2D eigenvalue weighted by molar-refractivity contribution is 7.80. The van der Waals surface area contributed by atoms with Crippen LogP contribution in [-0.4, -0.2) is 40.6 Å². The normalized spacial score (nSPS) is 13.8. The number of carboxylic acids is 1. The number of primary amides is 1. The minimum atomic E-state index is -1.53. The molecule has 1 heterocycles. The number of thiocarbonyl (C=S) groups is 1. The Hall–Kier alpha value is -3.39. The van der Waals surface area contributed by atoms with Crippen molar-refractivity contribution in [2.45, 2.75) is 26.2 Å². The van der Waals surface area contributed by atoms with Crippen LogP contribution in [-0.2, 0) is 16.0 Å². The van der Waals surface area contributed by atoms with E-state index in [1.165, 1.54) is 0 Å². The maximum atomic E-state index is 12.7. The quantitative estimate of drug-likeness (QED) is 0.320. The van der Waals surface area contributed by atoms with Crippen LogP contribution in [0.5, 0.6) is 5.75 Å². The maximum Gasteiger partial charge on any atom is 0.311 e. The molecule has 8 heteroatoms. The first kappa shape index (κ1) is 24.3. The van der Waals surface area contributed by atoms with E-state index in [0.29, 0.717) is 17.2 Å². The molecule has 5 N–H and O–H groups in total. The van der Waals surface area contributed by atoms with Crippen LogP contribution in [0.4, 0.5) is 0 Å². The van der Waals surface area contributed by atoms with Gasteiger partial charge in [-0.2, -0.15) is 0 Å². The molecule has 0 bridgehead atoms. The number of aromatic nitrogens is 1. The summed E-state index contributed by atoms with van der Waals surface area (Å²) in [5.41, 5.74) is 6.97. The van der Waals surface area contributed by atoms with Crippen molar-refractivity contribution in [1.29, 1.82) is 0 Å². The first-order valence-corrected chi connectivity index (χ1v) is 11.2. The molecule has 1 aromatic heterocycles. The molecule has 0 saturated heterocycles. The van der Waals surface area contributed by atoms with Crippen LogP contribution in [0, 0.1) is 18.3 Å². The van der Waals surface area contributed by atoms with Gasteiger partial charge in [-0.05, 0) is 43.5 Å². The SMILES string of the molecule is CNC(=S)[C@@H](Cc1c[nH]c2ccccc12)[C@@](CCOc1ccc(C)cc1)(CC(N)=O)C(=O)O. The Morgan fingerprint density at radius 1 is 1.21 bits per heavy atom. The number of H-pyrrole nitrogens is 1. The molecule has 3 rings (SSSR count). The van der Waals surface area contributed by atoms with Crippen molar-refractivity contribution in [1.82, 2.24) is 10.3 Å². The molecular weight excluding hydrogens is 438 g/mol. The fourth-order valence-electron chi connectivity index (χ4n) is 4.25. The van der Waals surface area contributed by atoms with Crippen LogP contribution in [0.2, 0.25) is 0 Å². The lowest BCUT2D eigenvalue weighted by Crippen LogP contribution is -2.49. The Kier molecular flexibility index (Phi) is 7.71. The average Bonchev–Trinajstić information content (AvgIpc) is 3.20. The number of amides is 1. The lowest BCUT2D eigenvalue weighted by Gasteiger charge is -2.37. The number of hydrogen-bond acceptors (Lipinski definition) is 4. The number of hydrogen-bond donors (Lipinski definition) is 4. The van der Waals surface area contributed by atoms with Gasteiger partial charge in [-0.3, -0.25) is 9.59 Å². The fourth-order valence-corrected chi connectivity index (χ4v) is 4.56. The van der Waals surface area contributed by atoms with Crippen LogP contribution in [0.15, 0.2) is 54.7 Å². The number of nitrogens with one attached hydrogen (secondary N) is 2. The van der Waals surface area contributed by atoms with Gasteiger partial charge < -0.3 is 25.9 Å². The van der Waals surface area contributed by atoms with Gasteiger partial charge in [0.25, 0.3) is 0 Å². The summed E-state index contributed by atoms with van der Waals surface area (Å²) in [4.78, 5) is 28.4. The van der Waals surface area contributed by atoms with Gasteiger partial charge in [-0.1, -0.05) is 48.1 Å². The molecule has 2 atom stereocenters. The van der Waals surface area contributed by atoms with Gasteiger partial charge in [-0.25, -0.2) is 0 Å². The fraction of sp³-hybridized carbons (Fsp3) is 0.320. The molecule has 0 aliphatic heterocycles. The molecule has 174 valence electrons. The van der Waals surface area contributed by atoms with Crippen molar-refractivity contribution in [3.05, 3.63) is 65.9 Å². The van der Waals surface area contributed by atoms with E-state index >= 15 is 0 Å². The third kappa shape index (κ3) is 5.51. The van der Waals surface area contributed by atoms with E-state index in [1.54, 1.807) is 7.05 Å². The summed E-state index contributed by atoms with van der Waals surface area (Å²) in [7, 11) is 1.66. The molecule has 0 aliphatic rings. The molecule has 3 aromatic rings. The van der Waals surface area contributed by atoms with Crippen molar-refractivity contribution in [3.63, 3.8) is 0 Å². The zero-order valence-corrected chi connectivity index (χ0v) is 19.6. The number of carboxylic acid groups (broad SMARTS) is 1. The third-order valence-corrected chi connectivity index (χ3v) is 6.57. The molecule has 7 nitrogen and oxygen atoms in total. The molecule has 0 saturated carbocycles. The van der Waals surface area contributed by atoms with Crippen molar-refractivity contribution < 1.29 is 19.4 Å². The van der Waals surface area contributed by atoms with E-state index < -0.39 is 23.2 Å². The molecule has 0 radical (unpaired) electrons. The number of aromatic amines is 1. The molecule has 0 fully saturated rings. The number of carbonyl (C=O) groups excluding carboxylic acids is 1. The van der Waals surface area contributed by atoms with Crippen molar-refractivity contribution in [3.8, 4) is 5.75 Å². The first-order valence-electron chi connectivity index (χ1n) is 10.7. The Bertz CT molecular complexity index is 1140. The molecule has 33 heavy (non-hydrogen) atoms. The number of para-hydroxylation sites is 1. The molecule has 1 amide bonds. The predicted molar refractivity (Wildman–Crippen MR) is 132 cm³/mol. The summed E-state index contributed by atoms with van der Waals surface area (Å²) in [6, 6.07) is 15.3. The number of aliphatic carboxylic acids is 1. The van der Waals surface area contributed by atoms with Crippen LogP contribution in [0.25, 0.3) is 10.9 Å². The number of ether oxygens (including phenoxy) is 1. The highest BCUT2D eigenvalue weighted by Gasteiger charge is 2.49. The van der Waals surface area contributed by atoms with Gasteiger partial charge >= 0.3 is 5.97 Å². The number of aryl methyl sites for hydroxylation is 1. The summed E-state index contributed by atoms with van der Waals surface area (Å²) < 4.78 is 5.83. The van der Waals surface area contributed by atoms with Crippen molar-refractivity contribution in [2.75, 3.05) is 13.7 Å². The lowest BCUT2D eigenvalue weighted by molar-refractivity contribution is -0.155. The minimum Gasteiger partial charge on any atom is -0.494 e. The summed E-state index contributed by atoms with van der Waals surface area (Å²) in [6.45, 7) is 2.07. The summed E-state index contributed by atoms with van der Waals surface area (Å²) in [5.74, 6) is -1.88. The van der Waals surface area contributed by atoms with Crippen LogP contribution >= 0.6 is 12.2 Å². The largest absolute Gasteiger partial charge is 0.494 e. The maximum absolute atomic E-state index is 12.7. The number of nitrogens with two attached hydrogens (primary N) is 1. The Balaban J connectivity index is 1.95. The molecular formula is C25H29N3O4S. The highest BCUT2D eigenvalue weighted by Crippen LogP contribution is 2.40. The lowest BCUT2D eigenvalue weighted by atomic mass is 9.68. The van der Waals surface area contributed by atoms with E-state index in [2.05, 4.69) is 10.3 Å². The number of fused-ring (bicyclic) bond motifs is 1. The van der Waals surface area contributed by atoms with Crippen LogP contribution in [0.3, 0.4) is 0 Å². The molecule has 0 spiro atoms. The Morgan fingerprint density at radius 2 is 1.91 bits per heavy atom. The van der Waals surface area contributed by atoms with Gasteiger partial charge in [0, 0.05) is 36.5 Å². The predicted octanol–water partition coefficient (Wildman–Crippen LogP) is 3.60. The number of benzene rings is 2. The topological polar surface area (TPSA) is 117 Å². The van der Waals surface area contributed by atoms with Crippen molar-refractivity contribution in [2.24, 2.45) is 17.1 Å². The summed E-state index contributed by atoms with van der Waals surface area (Å²) in [5, 5.41) is 14.3. The van der Waals surface area contributed by atoms with Gasteiger partial charge in [0.05, 0.1) is 17.0 Å². The van der Waals surface area contributed by atoms with E-state index in [1.807, 2.05) is 61.7 Å². The second-order valence-electron chi connectivity index (χ2n) is 8.25.